The molecule has 2 heterocycles. The van der Waals surface area contributed by atoms with E-state index in [2.05, 4.69) is 10.3 Å². The van der Waals surface area contributed by atoms with Crippen molar-refractivity contribution in [2.75, 3.05) is 11.1 Å². The summed E-state index contributed by atoms with van der Waals surface area (Å²) in [6.45, 7) is 1.97. The van der Waals surface area contributed by atoms with Gasteiger partial charge in [0.2, 0.25) is 11.8 Å². The zero-order valence-electron chi connectivity index (χ0n) is 18.1. The lowest BCUT2D eigenvalue weighted by atomic mass is 10.0. The minimum absolute atomic E-state index is 0.0877. The van der Waals surface area contributed by atoms with Crippen molar-refractivity contribution in [1.82, 2.24) is 9.97 Å². The predicted molar refractivity (Wildman–Crippen MR) is 127 cm³/mol. The van der Waals surface area contributed by atoms with Crippen LogP contribution in [0.5, 0.6) is 11.6 Å². The summed E-state index contributed by atoms with van der Waals surface area (Å²) >= 11 is 1.27. The van der Waals surface area contributed by atoms with Gasteiger partial charge in [0.1, 0.15) is 22.4 Å². The molecule has 3 aromatic carbocycles. The third kappa shape index (κ3) is 4.63. The number of amides is 1. The molecule has 0 saturated heterocycles. The highest BCUT2D eigenvalue weighted by Crippen LogP contribution is 2.41. The first kappa shape index (κ1) is 22.0. The molecule has 0 bridgehead atoms. The lowest BCUT2D eigenvalue weighted by Crippen LogP contribution is -2.15. The van der Waals surface area contributed by atoms with Crippen molar-refractivity contribution in [1.29, 1.82) is 0 Å². The second-order valence-electron chi connectivity index (χ2n) is 7.83. The largest absolute Gasteiger partial charge is 0.438 e. The first-order chi connectivity index (χ1) is 16.5. The number of rotatable bonds is 5. The Kier molecular flexibility index (Phi) is 5.98. The van der Waals surface area contributed by atoms with Gasteiger partial charge in [0.15, 0.2) is 5.82 Å². The van der Waals surface area contributed by atoms with Crippen LogP contribution in [0, 0.1) is 18.6 Å². The molecule has 0 spiro atoms. The number of ether oxygens (including phenoxy) is 1. The summed E-state index contributed by atoms with van der Waals surface area (Å²) in [6.07, 6.45) is 0.567. The number of nitrogens with zero attached hydrogens (tertiary/aromatic N) is 2. The molecule has 8 heteroatoms. The summed E-state index contributed by atoms with van der Waals surface area (Å²) in [7, 11) is 0. The van der Waals surface area contributed by atoms with Gasteiger partial charge in [-0.15, -0.1) is 0 Å². The molecule has 5 rings (SSSR count). The summed E-state index contributed by atoms with van der Waals surface area (Å²) in [5.74, 6) is 0.696. The Morgan fingerprint density at radius 2 is 1.71 bits per heavy atom. The number of carbonyl (C=O) groups is 1. The number of aryl methyl sites for hydroxylation is 1. The molecule has 0 radical (unpaired) electrons. The summed E-state index contributed by atoms with van der Waals surface area (Å²) in [6, 6.07) is 17.4. The van der Waals surface area contributed by atoms with Gasteiger partial charge in [0.25, 0.3) is 0 Å². The maximum absolute atomic E-state index is 13.4. The number of para-hydroxylation sites is 1. The van der Waals surface area contributed by atoms with Gasteiger partial charge in [0.05, 0.1) is 11.3 Å². The fourth-order valence-corrected chi connectivity index (χ4v) is 4.50. The Balaban J connectivity index is 1.45. The third-order valence-corrected chi connectivity index (χ3v) is 6.38. The maximum Gasteiger partial charge on any atom is 0.234 e. The van der Waals surface area contributed by atoms with E-state index >= 15 is 0 Å². The van der Waals surface area contributed by atoms with Crippen molar-refractivity contribution < 1.29 is 18.3 Å². The molecule has 0 atom stereocenters. The maximum atomic E-state index is 13.4. The summed E-state index contributed by atoms with van der Waals surface area (Å²) in [5.41, 5.74) is 3.96. The van der Waals surface area contributed by atoms with Gasteiger partial charge in [0, 0.05) is 17.7 Å². The molecule has 5 nitrogen and oxygen atoms in total. The molecule has 0 saturated carbocycles. The molecule has 170 valence electrons. The fraction of sp³-hybridized carbons (Fsp3) is 0.115. The van der Waals surface area contributed by atoms with E-state index in [0.717, 1.165) is 22.4 Å². The summed E-state index contributed by atoms with van der Waals surface area (Å²) in [4.78, 5) is 21.8. The average molecular weight is 476 g/mol. The minimum atomic E-state index is -0.371. The lowest BCUT2D eigenvalue weighted by Gasteiger charge is -2.23. The zero-order valence-corrected chi connectivity index (χ0v) is 19.0. The van der Waals surface area contributed by atoms with Crippen molar-refractivity contribution in [2.24, 2.45) is 0 Å². The number of thioether (sulfide) groups is 1. The summed E-state index contributed by atoms with van der Waals surface area (Å²) in [5, 5.41) is 3.37. The van der Waals surface area contributed by atoms with Crippen LogP contribution >= 0.6 is 11.8 Å². The van der Waals surface area contributed by atoms with Gasteiger partial charge < -0.3 is 10.1 Å². The van der Waals surface area contributed by atoms with E-state index in [1.165, 1.54) is 48.2 Å². The molecule has 0 aliphatic carbocycles. The van der Waals surface area contributed by atoms with Crippen LogP contribution in [0.2, 0.25) is 0 Å². The second-order valence-corrected chi connectivity index (χ2v) is 8.79. The topological polar surface area (TPSA) is 64.1 Å². The molecule has 0 unspecified atom stereocenters. The number of benzene rings is 3. The Hall–Kier alpha value is -3.78. The molecule has 34 heavy (non-hydrogen) atoms. The standard InChI is InChI=1S/C26H19F2N3O2S/c1-15-3-2-4-17-13-21-25(33-23(15)17)30-24(16-5-7-18(27)8-6-16)31-26(21)34-14-22(32)29-20-11-9-19(28)10-12-20/h2-12H,13-14H2,1H3,(H,29,32). The van der Waals surface area contributed by atoms with Gasteiger partial charge in [-0.3, -0.25) is 4.79 Å². The first-order valence-electron chi connectivity index (χ1n) is 10.6. The molecule has 1 aliphatic heterocycles. The molecule has 1 aromatic heterocycles. The van der Waals surface area contributed by atoms with Gasteiger partial charge in [-0.2, -0.15) is 4.98 Å². The Morgan fingerprint density at radius 3 is 2.44 bits per heavy atom. The zero-order chi connectivity index (χ0) is 23.7. The summed E-state index contributed by atoms with van der Waals surface area (Å²) < 4.78 is 32.7. The van der Waals surface area contributed by atoms with Gasteiger partial charge in [-0.1, -0.05) is 30.0 Å². The number of nitrogens with one attached hydrogen (secondary N) is 1. The van der Waals surface area contributed by atoms with Crippen LogP contribution in [-0.4, -0.2) is 21.6 Å². The van der Waals surface area contributed by atoms with E-state index in [1.807, 2.05) is 25.1 Å². The Bertz CT molecular complexity index is 1380. The van der Waals surface area contributed by atoms with Crippen molar-refractivity contribution in [3.05, 3.63) is 95.1 Å². The smallest absolute Gasteiger partial charge is 0.234 e. The average Bonchev–Trinajstić information content (AvgIpc) is 2.84. The molecular weight excluding hydrogens is 456 g/mol. The Morgan fingerprint density at radius 1 is 1.00 bits per heavy atom. The number of anilines is 1. The fourth-order valence-electron chi connectivity index (χ4n) is 3.68. The molecule has 0 fully saturated rings. The van der Waals surface area contributed by atoms with Crippen LogP contribution in [0.4, 0.5) is 14.5 Å². The SMILES string of the molecule is Cc1cccc2c1Oc1nc(-c3ccc(F)cc3)nc(SCC(=O)Nc3ccc(F)cc3)c1C2. The van der Waals surface area contributed by atoms with E-state index in [-0.39, 0.29) is 23.3 Å². The van der Waals surface area contributed by atoms with Crippen LogP contribution in [0.1, 0.15) is 16.7 Å². The highest BCUT2D eigenvalue weighted by molar-refractivity contribution is 8.00. The Labute approximate surface area is 199 Å². The highest BCUT2D eigenvalue weighted by Gasteiger charge is 2.25. The minimum Gasteiger partial charge on any atom is -0.438 e. The second kappa shape index (κ2) is 9.23. The van der Waals surface area contributed by atoms with Crippen LogP contribution in [0.25, 0.3) is 11.4 Å². The van der Waals surface area contributed by atoms with Crippen molar-refractivity contribution in [3.63, 3.8) is 0 Å². The van der Waals surface area contributed by atoms with Crippen LogP contribution in [-0.2, 0) is 11.2 Å². The molecular formula is C26H19F2N3O2S. The van der Waals surface area contributed by atoms with E-state index in [4.69, 9.17) is 9.72 Å². The van der Waals surface area contributed by atoms with Crippen molar-refractivity contribution in [3.8, 4) is 23.0 Å². The van der Waals surface area contributed by atoms with Gasteiger partial charge >= 0.3 is 0 Å². The number of hydrogen-bond acceptors (Lipinski definition) is 5. The number of halogens is 2. The lowest BCUT2D eigenvalue weighted by molar-refractivity contribution is -0.113. The van der Waals surface area contributed by atoms with E-state index < -0.39 is 0 Å². The van der Waals surface area contributed by atoms with Gasteiger partial charge in [-0.05, 0) is 66.6 Å². The normalized spacial score (nSPS) is 11.9. The third-order valence-electron chi connectivity index (χ3n) is 5.36. The predicted octanol–water partition coefficient (Wildman–Crippen LogP) is 6.16. The van der Waals surface area contributed by atoms with Crippen molar-refractivity contribution >= 4 is 23.4 Å². The van der Waals surface area contributed by atoms with Crippen molar-refractivity contribution in [2.45, 2.75) is 18.4 Å². The molecule has 1 aliphatic rings. The van der Waals surface area contributed by atoms with Crippen LogP contribution in [0.15, 0.2) is 71.8 Å². The van der Waals surface area contributed by atoms with E-state index in [1.54, 1.807) is 12.1 Å². The van der Waals surface area contributed by atoms with E-state index in [9.17, 15) is 13.6 Å². The molecule has 1 N–H and O–H groups in total. The quantitative estimate of drug-likeness (QED) is 0.244. The first-order valence-corrected chi connectivity index (χ1v) is 11.6. The van der Waals surface area contributed by atoms with E-state index in [0.29, 0.717) is 34.4 Å². The number of hydrogen-bond donors (Lipinski definition) is 1. The van der Waals surface area contributed by atoms with Gasteiger partial charge in [-0.25, -0.2) is 13.8 Å². The number of fused-ring (bicyclic) bond motifs is 2. The molecule has 1 amide bonds. The van der Waals surface area contributed by atoms with Crippen LogP contribution in [0.3, 0.4) is 0 Å². The van der Waals surface area contributed by atoms with Crippen LogP contribution < -0.4 is 10.1 Å². The highest BCUT2D eigenvalue weighted by atomic mass is 32.2. The molecule has 4 aromatic rings. The number of aromatic nitrogens is 2. The monoisotopic (exact) mass is 475 g/mol. The number of carbonyl (C=O) groups excluding carboxylic acids is 1.